The summed E-state index contributed by atoms with van der Waals surface area (Å²) < 4.78 is 4.81. The van der Waals surface area contributed by atoms with Gasteiger partial charge in [0.25, 0.3) is 0 Å². The zero-order valence-electron chi connectivity index (χ0n) is 7.17. The Labute approximate surface area is 67.4 Å². The van der Waals surface area contributed by atoms with Crippen LogP contribution < -0.4 is 0 Å². The quantitative estimate of drug-likeness (QED) is 0.612. The lowest BCUT2D eigenvalue weighted by Crippen LogP contribution is -2.17. The molecule has 0 rings (SSSR count). The number of rotatable bonds is 5. The first-order valence-electron chi connectivity index (χ1n) is 4.01. The zero-order valence-corrected chi connectivity index (χ0v) is 7.17. The maximum atomic E-state index is 10.8. The van der Waals surface area contributed by atoms with Crippen molar-refractivity contribution in [1.29, 1.82) is 0 Å². The van der Waals surface area contributed by atoms with E-state index in [9.17, 15) is 4.79 Å². The molecule has 0 spiro atoms. The molecule has 0 aromatic carbocycles. The smallest absolute Gasteiger partial charge is 0.306 e. The minimum Gasteiger partial charge on any atom is -0.460 e. The van der Waals surface area contributed by atoms with Gasteiger partial charge in [-0.2, -0.15) is 0 Å². The van der Waals surface area contributed by atoms with E-state index in [0.29, 0.717) is 6.42 Å². The number of hydrogen-bond donors (Lipinski definition) is 1. The van der Waals surface area contributed by atoms with Crippen LogP contribution in [-0.4, -0.2) is 23.8 Å². The molecule has 0 aliphatic heterocycles. The summed E-state index contributed by atoms with van der Waals surface area (Å²) in [4.78, 5) is 10.8. The molecule has 0 radical (unpaired) electrons. The van der Waals surface area contributed by atoms with Crippen molar-refractivity contribution in [3.05, 3.63) is 0 Å². The molecule has 3 nitrogen and oxygen atoms in total. The highest BCUT2D eigenvalue weighted by atomic mass is 16.5. The van der Waals surface area contributed by atoms with E-state index in [4.69, 9.17) is 9.84 Å². The summed E-state index contributed by atoms with van der Waals surface area (Å²) in [5.74, 6) is -0.214. The second-order valence-corrected chi connectivity index (χ2v) is 2.59. The Hall–Kier alpha value is -0.570. The summed E-state index contributed by atoms with van der Waals surface area (Å²) >= 11 is 0. The number of unbranched alkanes of at least 4 members (excludes halogenated alkanes) is 1. The van der Waals surface area contributed by atoms with E-state index in [2.05, 4.69) is 0 Å². The fourth-order valence-corrected chi connectivity index (χ4v) is 0.642. The molecule has 3 heteroatoms. The summed E-state index contributed by atoms with van der Waals surface area (Å²) in [6.45, 7) is 3.59. The van der Waals surface area contributed by atoms with Crippen LogP contribution in [-0.2, 0) is 9.53 Å². The molecule has 0 aliphatic rings. The largest absolute Gasteiger partial charge is 0.460 e. The summed E-state index contributed by atoms with van der Waals surface area (Å²) in [7, 11) is 0. The van der Waals surface area contributed by atoms with Gasteiger partial charge in [-0.05, 0) is 13.3 Å². The molecule has 0 aromatic heterocycles. The maximum absolute atomic E-state index is 10.8. The highest BCUT2D eigenvalue weighted by molar-refractivity contribution is 5.69. The van der Waals surface area contributed by atoms with Crippen molar-refractivity contribution in [3.8, 4) is 0 Å². The topological polar surface area (TPSA) is 46.5 Å². The highest BCUT2D eigenvalue weighted by Crippen LogP contribution is 1.99. The van der Waals surface area contributed by atoms with E-state index < -0.39 is 0 Å². The Morgan fingerprint density at radius 1 is 1.64 bits per heavy atom. The molecule has 0 saturated carbocycles. The molecule has 0 heterocycles. The molecular weight excluding hydrogens is 144 g/mol. The normalized spacial score (nSPS) is 12.6. The van der Waals surface area contributed by atoms with Crippen molar-refractivity contribution >= 4 is 5.97 Å². The van der Waals surface area contributed by atoms with Crippen molar-refractivity contribution in [1.82, 2.24) is 0 Å². The van der Waals surface area contributed by atoms with Crippen molar-refractivity contribution in [3.63, 3.8) is 0 Å². The Bertz CT molecular complexity index is 112. The van der Waals surface area contributed by atoms with Crippen LogP contribution >= 0.6 is 0 Å². The van der Waals surface area contributed by atoms with Crippen molar-refractivity contribution < 1.29 is 14.6 Å². The summed E-state index contributed by atoms with van der Waals surface area (Å²) in [5, 5.41) is 8.53. The van der Waals surface area contributed by atoms with Gasteiger partial charge in [-0.15, -0.1) is 0 Å². The minimum absolute atomic E-state index is 0.0993. The van der Waals surface area contributed by atoms with E-state index in [-0.39, 0.29) is 18.7 Å². The number of hydrogen-bond acceptors (Lipinski definition) is 3. The van der Waals surface area contributed by atoms with E-state index in [0.717, 1.165) is 12.8 Å². The lowest BCUT2D eigenvalue weighted by atomic mass is 10.2. The van der Waals surface area contributed by atoms with Gasteiger partial charge in [-0.25, -0.2) is 0 Å². The van der Waals surface area contributed by atoms with Crippen LogP contribution in [0.4, 0.5) is 0 Å². The second-order valence-electron chi connectivity index (χ2n) is 2.59. The summed E-state index contributed by atoms with van der Waals surface area (Å²) in [5.41, 5.74) is 0. The third kappa shape index (κ3) is 5.85. The van der Waals surface area contributed by atoms with Crippen molar-refractivity contribution in [2.75, 3.05) is 6.61 Å². The maximum Gasteiger partial charge on any atom is 0.306 e. The number of carbonyl (C=O) groups is 1. The SMILES string of the molecule is CCCCC(=O)OC(C)CO. The average molecular weight is 160 g/mol. The van der Waals surface area contributed by atoms with Gasteiger partial charge in [0, 0.05) is 6.42 Å². The van der Waals surface area contributed by atoms with Crippen molar-refractivity contribution in [2.24, 2.45) is 0 Å². The summed E-state index contributed by atoms with van der Waals surface area (Å²) in [6.07, 6.45) is 1.94. The van der Waals surface area contributed by atoms with Crippen LogP contribution in [0.3, 0.4) is 0 Å². The lowest BCUT2D eigenvalue weighted by molar-refractivity contribution is -0.150. The molecule has 11 heavy (non-hydrogen) atoms. The minimum atomic E-state index is -0.362. The van der Waals surface area contributed by atoms with Crippen LogP contribution in [0, 0.1) is 0 Å². The predicted molar refractivity (Wildman–Crippen MR) is 42.2 cm³/mol. The van der Waals surface area contributed by atoms with Crippen molar-refractivity contribution in [2.45, 2.75) is 39.2 Å². The number of aliphatic hydroxyl groups excluding tert-OH is 1. The van der Waals surface area contributed by atoms with Crippen LogP contribution in [0.5, 0.6) is 0 Å². The first-order valence-corrected chi connectivity index (χ1v) is 4.01. The fraction of sp³-hybridized carbons (Fsp3) is 0.875. The summed E-state index contributed by atoms with van der Waals surface area (Å²) in [6, 6.07) is 0. The molecule has 0 bridgehead atoms. The molecule has 1 N–H and O–H groups in total. The van der Waals surface area contributed by atoms with Crippen LogP contribution in [0.2, 0.25) is 0 Å². The van der Waals surface area contributed by atoms with E-state index in [1.54, 1.807) is 6.92 Å². The molecule has 0 aliphatic carbocycles. The second kappa shape index (κ2) is 6.16. The Balaban J connectivity index is 3.36. The fourth-order valence-electron chi connectivity index (χ4n) is 0.642. The molecule has 0 aromatic rings. The first kappa shape index (κ1) is 10.4. The monoisotopic (exact) mass is 160 g/mol. The molecule has 66 valence electrons. The Morgan fingerprint density at radius 3 is 2.73 bits per heavy atom. The molecular formula is C8H16O3. The van der Waals surface area contributed by atoms with E-state index in [1.165, 1.54) is 0 Å². The molecule has 1 atom stereocenters. The van der Waals surface area contributed by atoms with E-state index >= 15 is 0 Å². The van der Waals surface area contributed by atoms with Gasteiger partial charge in [0.05, 0.1) is 6.61 Å². The van der Waals surface area contributed by atoms with Gasteiger partial charge in [0.1, 0.15) is 6.10 Å². The first-order chi connectivity index (χ1) is 5.20. The van der Waals surface area contributed by atoms with Gasteiger partial charge in [0.2, 0.25) is 0 Å². The van der Waals surface area contributed by atoms with Crippen LogP contribution in [0.15, 0.2) is 0 Å². The average Bonchev–Trinajstić information content (AvgIpc) is 2.00. The lowest BCUT2D eigenvalue weighted by Gasteiger charge is -2.09. The highest BCUT2D eigenvalue weighted by Gasteiger charge is 2.06. The number of esters is 1. The van der Waals surface area contributed by atoms with Gasteiger partial charge in [-0.1, -0.05) is 13.3 Å². The number of ether oxygens (including phenoxy) is 1. The van der Waals surface area contributed by atoms with Gasteiger partial charge < -0.3 is 9.84 Å². The van der Waals surface area contributed by atoms with Gasteiger partial charge in [0.15, 0.2) is 0 Å². The van der Waals surface area contributed by atoms with E-state index in [1.807, 2.05) is 6.92 Å². The molecule has 1 unspecified atom stereocenters. The third-order valence-corrected chi connectivity index (χ3v) is 1.32. The predicted octanol–water partition coefficient (Wildman–Crippen LogP) is 1.10. The van der Waals surface area contributed by atoms with Gasteiger partial charge in [-0.3, -0.25) is 4.79 Å². The third-order valence-electron chi connectivity index (χ3n) is 1.32. The number of aliphatic hydroxyl groups is 1. The number of carbonyl (C=O) groups excluding carboxylic acids is 1. The standard InChI is InChI=1S/C8H16O3/c1-3-4-5-8(10)11-7(2)6-9/h7,9H,3-6H2,1-2H3. The van der Waals surface area contributed by atoms with Gasteiger partial charge >= 0.3 is 5.97 Å². The molecule has 0 amide bonds. The zero-order chi connectivity index (χ0) is 8.69. The molecule has 0 fully saturated rings. The van der Waals surface area contributed by atoms with Crippen LogP contribution in [0.1, 0.15) is 33.1 Å². The van der Waals surface area contributed by atoms with Crippen LogP contribution in [0.25, 0.3) is 0 Å². The molecule has 0 saturated heterocycles. The Kier molecular flexibility index (Phi) is 5.84. The Morgan fingerprint density at radius 2 is 2.27 bits per heavy atom.